The Morgan fingerprint density at radius 2 is 1.70 bits per heavy atom. The van der Waals surface area contributed by atoms with Crippen LogP contribution in [-0.2, 0) is 0 Å². The minimum Gasteiger partial charge on any atom is -0.354 e. The molecule has 1 aromatic carbocycles. The molecule has 2 fully saturated rings. The summed E-state index contributed by atoms with van der Waals surface area (Å²) in [6.45, 7) is 0.831. The zero-order valence-corrected chi connectivity index (χ0v) is 16.4. The van der Waals surface area contributed by atoms with E-state index < -0.39 is 0 Å². The van der Waals surface area contributed by atoms with Crippen LogP contribution in [0.3, 0.4) is 0 Å². The van der Waals surface area contributed by atoms with Gasteiger partial charge in [-0.3, -0.25) is 9.59 Å². The molecular formula is C22H31N3O2. The molecule has 2 amide bonds. The summed E-state index contributed by atoms with van der Waals surface area (Å²) in [4.78, 5) is 30.0. The van der Waals surface area contributed by atoms with Gasteiger partial charge in [-0.15, -0.1) is 0 Å². The molecule has 5 heteroatoms. The van der Waals surface area contributed by atoms with E-state index in [-0.39, 0.29) is 24.0 Å². The average Bonchev–Trinajstić information content (AvgIpc) is 3.09. The van der Waals surface area contributed by atoms with Gasteiger partial charge >= 0.3 is 0 Å². The standard InChI is InChI=1S/C22H31N3O2/c1-24-19-15-16(21(26)23-17-9-5-2-3-6-10-17)12-13-18(19)22(27)25-14-8-4-7-11-20(24)25/h12-13,15,17,20H,2-11,14H2,1H3,(H,23,26). The number of hydrogen-bond acceptors (Lipinski definition) is 3. The zero-order valence-electron chi connectivity index (χ0n) is 16.4. The second-order valence-corrected chi connectivity index (χ2v) is 8.33. The maximum atomic E-state index is 13.0. The van der Waals surface area contributed by atoms with E-state index in [0.29, 0.717) is 5.56 Å². The molecule has 1 atom stereocenters. The summed E-state index contributed by atoms with van der Waals surface area (Å²) in [7, 11) is 2.06. The van der Waals surface area contributed by atoms with E-state index >= 15 is 0 Å². The summed E-state index contributed by atoms with van der Waals surface area (Å²) in [5.74, 6) is 0.111. The molecule has 2 heterocycles. The Bertz CT molecular complexity index is 710. The summed E-state index contributed by atoms with van der Waals surface area (Å²) >= 11 is 0. The molecule has 5 nitrogen and oxygen atoms in total. The van der Waals surface area contributed by atoms with Crippen LogP contribution in [0.25, 0.3) is 0 Å². The van der Waals surface area contributed by atoms with Gasteiger partial charge in [0.25, 0.3) is 11.8 Å². The van der Waals surface area contributed by atoms with E-state index in [4.69, 9.17) is 0 Å². The molecule has 2 aliphatic heterocycles. The predicted octanol–water partition coefficient (Wildman–Crippen LogP) is 3.93. The van der Waals surface area contributed by atoms with Gasteiger partial charge in [0.1, 0.15) is 6.17 Å². The highest BCUT2D eigenvalue weighted by Crippen LogP contribution is 2.34. The smallest absolute Gasteiger partial charge is 0.257 e. The summed E-state index contributed by atoms with van der Waals surface area (Å²) in [5, 5.41) is 3.22. The first kappa shape index (κ1) is 18.3. The van der Waals surface area contributed by atoms with Crippen molar-refractivity contribution < 1.29 is 9.59 Å². The molecule has 1 aliphatic carbocycles. The first-order chi connectivity index (χ1) is 13.1. The van der Waals surface area contributed by atoms with Crippen molar-refractivity contribution in [3.05, 3.63) is 29.3 Å². The van der Waals surface area contributed by atoms with E-state index in [0.717, 1.165) is 49.9 Å². The monoisotopic (exact) mass is 369 g/mol. The quantitative estimate of drug-likeness (QED) is 0.804. The van der Waals surface area contributed by atoms with Crippen LogP contribution in [0, 0.1) is 0 Å². The highest BCUT2D eigenvalue weighted by atomic mass is 16.2. The molecule has 27 heavy (non-hydrogen) atoms. The van der Waals surface area contributed by atoms with Gasteiger partial charge in [0.2, 0.25) is 0 Å². The Morgan fingerprint density at radius 1 is 1.00 bits per heavy atom. The SMILES string of the molecule is CN1c2cc(C(=O)NC3CCCCCC3)ccc2C(=O)N2CCCCCC21. The van der Waals surface area contributed by atoms with Crippen molar-refractivity contribution in [1.29, 1.82) is 0 Å². The summed E-state index contributed by atoms with van der Waals surface area (Å²) in [6, 6.07) is 5.86. The molecule has 1 aromatic rings. The number of nitrogens with one attached hydrogen (secondary N) is 1. The van der Waals surface area contributed by atoms with Gasteiger partial charge < -0.3 is 15.1 Å². The summed E-state index contributed by atoms with van der Waals surface area (Å²) < 4.78 is 0. The first-order valence-corrected chi connectivity index (χ1v) is 10.6. The minimum atomic E-state index is -0.00570. The third-order valence-electron chi connectivity index (χ3n) is 6.49. The topological polar surface area (TPSA) is 52.7 Å². The summed E-state index contributed by atoms with van der Waals surface area (Å²) in [6.07, 6.45) is 11.6. The Kier molecular flexibility index (Phi) is 5.37. The average molecular weight is 370 g/mol. The van der Waals surface area contributed by atoms with Gasteiger partial charge in [-0.05, 0) is 50.3 Å². The Hall–Kier alpha value is -2.04. The van der Waals surface area contributed by atoms with Crippen LogP contribution in [0.2, 0.25) is 0 Å². The first-order valence-electron chi connectivity index (χ1n) is 10.6. The lowest BCUT2D eigenvalue weighted by atomic mass is 10.0. The van der Waals surface area contributed by atoms with Crippen molar-refractivity contribution in [2.75, 3.05) is 18.5 Å². The Labute approximate surface area is 162 Å². The van der Waals surface area contributed by atoms with Crippen LogP contribution in [0.15, 0.2) is 18.2 Å². The van der Waals surface area contributed by atoms with Crippen molar-refractivity contribution in [2.45, 2.75) is 76.4 Å². The van der Waals surface area contributed by atoms with Gasteiger partial charge in [-0.2, -0.15) is 0 Å². The van der Waals surface area contributed by atoms with Crippen LogP contribution in [0.4, 0.5) is 5.69 Å². The molecule has 3 aliphatic rings. The predicted molar refractivity (Wildman–Crippen MR) is 107 cm³/mol. The molecule has 4 rings (SSSR count). The van der Waals surface area contributed by atoms with E-state index in [1.165, 1.54) is 32.1 Å². The lowest BCUT2D eigenvalue weighted by molar-refractivity contribution is 0.0661. The van der Waals surface area contributed by atoms with Crippen LogP contribution in [-0.4, -0.2) is 42.5 Å². The number of rotatable bonds is 2. The van der Waals surface area contributed by atoms with Crippen molar-refractivity contribution in [2.24, 2.45) is 0 Å². The molecule has 1 saturated carbocycles. The number of benzene rings is 1. The van der Waals surface area contributed by atoms with Crippen molar-refractivity contribution in [1.82, 2.24) is 10.2 Å². The van der Waals surface area contributed by atoms with E-state index in [1.807, 2.05) is 23.1 Å². The fourth-order valence-electron chi connectivity index (χ4n) is 4.88. The lowest BCUT2D eigenvalue weighted by Gasteiger charge is -2.43. The molecule has 0 radical (unpaired) electrons. The third kappa shape index (κ3) is 3.69. The number of anilines is 1. The fourth-order valence-corrected chi connectivity index (χ4v) is 4.88. The number of fused-ring (bicyclic) bond motifs is 2. The molecular weight excluding hydrogens is 338 g/mol. The van der Waals surface area contributed by atoms with Gasteiger partial charge in [0.15, 0.2) is 0 Å². The van der Waals surface area contributed by atoms with Crippen molar-refractivity contribution in [3.8, 4) is 0 Å². The Balaban J connectivity index is 1.56. The van der Waals surface area contributed by atoms with Crippen molar-refractivity contribution >= 4 is 17.5 Å². The Morgan fingerprint density at radius 3 is 2.48 bits per heavy atom. The van der Waals surface area contributed by atoms with E-state index in [1.54, 1.807) is 0 Å². The highest BCUT2D eigenvalue weighted by molar-refractivity contribution is 6.04. The van der Waals surface area contributed by atoms with Crippen LogP contribution in [0.5, 0.6) is 0 Å². The fraction of sp³-hybridized carbons (Fsp3) is 0.636. The third-order valence-corrected chi connectivity index (χ3v) is 6.49. The molecule has 1 unspecified atom stereocenters. The second-order valence-electron chi connectivity index (χ2n) is 8.33. The van der Waals surface area contributed by atoms with Gasteiger partial charge in [-0.25, -0.2) is 0 Å². The highest BCUT2D eigenvalue weighted by Gasteiger charge is 2.36. The molecule has 0 spiro atoms. The van der Waals surface area contributed by atoms with Gasteiger partial charge in [0.05, 0.1) is 11.3 Å². The maximum absolute atomic E-state index is 13.0. The molecule has 0 bridgehead atoms. The molecule has 0 aromatic heterocycles. The largest absolute Gasteiger partial charge is 0.354 e. The van der Waals surface area contributed by atoms with E-state index in [9.17, 15) is 9.59 Å². The zero-order chi connectivity index (χ0) is 18.8. The lowest BCUT2D eigenvalue weighted by Crippen LogP contribution is -2.53. The number of nitrogens with zero attached hydrogens (tertiary/aromatic N) is 2. The van der Waals surface area contributed by atoms with Crippen molar-refractivity contribution in [3.63, 3.8) is 0 Å². The summed E-state index contributed by atoms with van der Waals surface area (Å²) in [5.41, 5.74) is 2.29. The van der Waals surface area contributed by atoms with Crippen LogP contribution >= 0.6 is 0 Å². The number of carbonyl (C=O) groups excluding carboxylic acids is 2. The maximum Gasteiger partial charge on any atom is 0.257 e. The van der Waals surface area contributed by atoms with E-state index in [2.05, 4.69) is 17.3 Å². The normalized spacial score (nSPS) is 23.9. The molecule has 1 saturated heterocycles. The number of carbonyl (C=O) groups is 2. The number of hydrogen-bond donors (Lipinski definition) is 1. The van der Waals surface area contributed by atoms with Crippen LogP contribution in [0.1, 0.15) is 84.9 Å². The molecule has 1 N–H and O–H groups in total. The molecule has 146 valence electrons. The second kappa shape index (κ2) is 7.91. The minimum absolute atomic E-state index is 0.00570. The number of amides is 2. The van der Waals surface area contributed by atoms with Gasteiger partial charge in [0, 0.05) is 25.2 Å². The van der Waals surface area contributed by atoms with Gasteiger partial charge in [-0.1, -0.05) is 32.1 Å². The van der Waals surface area contributed by atoms with Crippen LogP contribution < -0.4 is 10.2 Å².